The molecule has 2 aliphatic rings. The first-order valence-corrected chi connectivity index (χ1v) is 7.51. The fourth-order valence-electron chi connectivity index (χ4n) is 3.51. The number of carbonyl (C=O) groups is 1. The number of imidazole rings is 1. The highest BCUT2D eigenvalue weighted by atomic mass is 16.2. The fourth-order valence-corrected chi connectivity index (χ4v) is 3.51. The number of likely N-dealkylation sites (tertiary alicyclic amines) is 2. The van der Waals surface area contributed by atoms with Gasteiger partial charge in [-0.2, -0.15) is 0 Å². The molecule has 3 heterocycles. The van der Waals surface area contributed by atoms with Crippen molar-refractivity contribution in [2.45, 2.75) is 39.3 Å². The molecule has 2 aliphatic heterocycles. The molecule has 0 saturated carbocycles. The molecule has 20 heavy (non-hydrogen) atoms. The quantitative estimate of drug-likeness (QED) is 0.780. The maximum absolute atomic E-state index is 12.5. The van der Waals surface area contributed by atoms with Crippen molar-refractivity contribution in [2.75, 3.05) is 19.6 Å². The van der Waals surface area contributed by atoms with Crippen LogP contribution in [0, 0.1) is 5.41 Å². The summed E-state index contributed by atoms with van der Waals surface area (Å²) in [6.45, 7) is 7.94. The highest BCUT2D eigenvalue weighted by Gasteiger charge is 2.54. The summed E-state index contributed by atoms with van der Waals surface area (Å²) in [6.07, 6.45) is 5.97. The minimum Gasteiger partial charge on any atom is -0.339 e. The lowest BCUT2D eigenvalue weighted by molar-refractivity contribution is -0.169. The average molecular weight is 276 g/mol. The van der Waals surface area contributed by atoms with E-state index in [0.717, 1.165) is 44.8 Å². The average Bonchev–Trinajstić information content (AvgIpc) is 2.81. The Morgan fingerprint density at radius 2 is 2.20 bits per heavy atom. The van der Waals surface area contributed by atoms with Crippen LogP contribution in [0.2, 0.25) is 0 Å². The van der Waals surface area contributed by atoms with Crippen molar-refractivity contribution in [1.29, 1.82) is 0 Å². The summed E-state index contributed by atoms with van der Waals surface area (Å²) >= 11 is 0. The number of β-lactam (4-membered cyclic amide) rings is 1. The standard InChI is InChI=1S/C15H24N4O/c1-12(2)19-11-15(14(19)20)5-4-7-18(10-15)9-13-16-6-8-17(13)3/h6,8,12H,4-5,7,9-11H2,1-3H3/t15-/m1/s1. The predicted octanol–water partition coefficient (Wildman–Crippen LogP) is 1.25. The molecule has 0 N–H and O–H groups in total. The number of hydrogen-bond donors (Lipinski definition) is 0. The van der Waals surface area contributed by atoms with Crippen LogP contribution in [0.3, 0.4) is 0 Å². The van der Waals surface area contributed by atoms with Crippen LogP contribution in [0.5, 0.6) is 0 Å². The Balaban J connectivity index is 1.66. The summed E-state index contributed by atoms with van der Waals surface area (Å²) in [7, 11) is 2.02. The van der Waals surface area contributed by atoms with Crippen LogP contribution in [0.25, 0.3) is 0 Å². The smallest absolute Gasteiger partial charge is 0.232 e. The second-order valence-electron chi connectivity index (χ2n) is 6.58. The number of rotatable bonds is 3. The van der Waals surface area contributed by atoms with Crippen molar-refractivity contribution < 1.29 is 4.79 Å². The van der Waals surface area contributed by atoms with E-state index in [1.807, 2.05) is 24.3 Å². The summed E-state index contributed by atoms with van der Waals surface area (Å²) < 4.78 is 2.06. The molecule has 5 heteroatoms. The number of hydrogen-bond acceptors (Lipinski definition) is 3. The zero-order valence-corrected chi connectivity index (χ0v) is 12.7. The van der Waals surface area contributed by atoms with Gasteiger partial charge in [-0.25, -0.2) is 4.98 Å². The van der Waals surface area contributed by atoms with Crippen molar-refractivity contribution in [3.63, 3.8) is 0 Å². The van der Waals surface area contributed by atoms with Crippen LogP contribution < -0.4 is 0 Å². The van der Waals surface area contributed by atoms with Gasteiger partial charge in [-0.3, -0.25) is 9.69 Å². The van der Waals surface area contributed by atoms with Crippen molar-refractivity contribution in [2.24, 2.45) is 12.5 Å². The van der Waals surface area contributed by atoms with E-state index in [2.05, 4.69) is 28.3 Å². The normalized spacial score (nSPS) is 27.4. The molecule has 110 valence electrons. The van der Waals surface area contributed by atoms with Crippen LogP contribution in [0.4, 0.5) is 0 Å². The van der Waals surface area contributed by atoms with Crippen LogP contribution in [0.1, 0.15) is 32.5 Å². The summed E-state index contributed by atoms with van der Waals surface area (Å²) in [5, 5.41) is 0. The van der Waals surface area contributed by atoms with E-state index in [4.69, 9.17) is 0 Å². The number of amides is 1. The van der Waals surface area contributed by atoms with E-state index in [-0.39, 0.29) is 5.41 Å². The maximum Gasteiger partial charge on any atom is 0.232 e. The topological polar surface area (TPSA) is 41.4 Å². The van der Waals surface area contributed by atoms with Gasteiger partial charge < -0.3 is 9.47 Å². The van der Waals surface area contributed by atoms with Gasteiger partial charge in [0, 0.05) is 38.6 Å². The zero-order chi connectivity index (χ0) is 14.3. The Hall–Kier alpha value is -1.36. The van der Waals surface area contributed by atoms with Gasteiger partial charge in [0.15, 0.2) is 0 Å². The minimum atomic E-state index is -0.103. The molecule has 0 bridgehead atoms. The third-order valence-corrected chi connectivity index (χ3v) is 4.75. The number of aryl methyl sites for hydroxylation is 1. The van der Waals surface area contributed by atoms with Crippen LogP contribution in [0.15, 0.2) is 12.4 Å². The first-order chi connectivity index (χ1) is 9.52. The Kier molecular flexibility index (Phi) is 3.32. The lowest BCUT2D eigenvalue weighted by Crippen LogP contribution is -2.68. The molecule has 0 unspecified atom stereocenters. The van der Waals surface area contributed by atoms with E-state index >= 15 is 0 Å². The van der Waals surface area contributed by atoms with Gasteiger partial charge in [0.2, 0.25) is 5.91 Å². The second-order valence-corrected chi connectivity index (χ2v) is 6.58. The van der Waals surface area contributed by atoms with Crippen molar-refractivity contribution in [3.8, 4) is 0 Å². The largest absolute Gasteiger partial charge is 0.339 e. The second kappa shape index (κ2) is 4.88. The SMILES string of the molecule is CC(C)N1C[C@]2(CCCN(Cc3nccn3C)C2)C1=O. The number of nitrogens with zero attached hydrogens (tertiary/aromatic N) is 4. The lowest BCUT2D eigenvalue weighted by atomic mass is 9.72. The van der Waals surface area contributed by atoms with E-state index in [0.29, 0.717) is 11.9 Å². The van der Waals surface area contributed by atoms with E-state index in [9.17, 15) is 4.79 Å². The van der Waals surface area contributed by atoms with Gasteiger partial charge >= 0.3 is 0 Å². The van der Waals surface area contributed by atoms with Gasteiger partial charge in [0.25, 0.3) is 0 Å². The van der Waals surface area contributed by atoms with Crippen LogP contribution in [-0.4, -0.2) is 50.9 Å². The Morgan fingerprint density at radius 1 is 1.40 bits per heavy atom. The Bertz CT molecular complexity index is 510. The van der Waals surface area contributed by atoms with Crippen LogP contribution in [-0.2, 0) is 18.4 Å². The van der Waals surface area contributed by atoms with Gasteiger partial charge in [0.1, 0.15) is 5.82 Å². The molecule has 3 rings (SSSR count). The molecule has 2 saturated heterocycles. The maximum atomic E-state index is 12.5. The molecule has 0 aliphatic carbocycles. The third kappa shape index (κ3) is 2.14. The van der Waals surface area contributed by atoms with Crippen molar-refractivity contribution >= 4 is 5.91 Å². The number of piperidine rings is 1. The molecule has 1 aromatic heterocycles. The molecular weight excluding hydrogens is 252 g/mol. The summed E-state index contributed by atoms with van der Waals surface area (Å²) in [4.78, 5) is 21.3. The van der Waals surface area contributed by atoms with Crippen molar-refractivity contribution in [3.05, 3.63) is 18.2 Å². The molecule has 0 aromatic carbocycles. The summed E-state index contributed by atoms with van der Waals surface area (Å²) in [6, 6.07) is 0.332. The number of carbonyl (C=O) groups excluding carboxylic acids is 1. The van der Waals surface area contributed by atoms with Gasteiger partial charge in [-0.1, -0.05) is 0 Å². The monoisotopic (exact) mass is 276 g/mol. The minimum absolute atomic E-state index is 0.103. The third-order valence-electron chi connectivity index (χ3n) is 4.75. The molecule has 5 nitrogen and oxygen atoms in total. The van der Waals surface area contributed by atoms with E-state index in [1.54, 1.807) is 0 Å². The molecular formula is C15H24N4O. The molecule has 1 aromatic rings. The summed E-state index contributed by atoms with van der Waals surface area (Å²) in [5.41, 5.74) is -0.103. The fraction of sp³-hybridized carbons (Fsp3) is 0.733. The van der Waals surface area contributed by atoms with E-state index < -0.39 is 0 Å². The highest BCUT2D eigenvalue weighted by Crippen LogP contribution is 2.41. The first-order valence-electron chi connectivity index (χ1n) is 7.51. The predicted molar refractivity (Wildman–Crippen MR) is 77.0 cm³/mol. The first kappa shape index (κ1) is 13.6. The molecule has 1 amide bonds. The van der Waals surface area contributed by atoms with Gasteiger partial charge in [-0.05, 0) is 33.2 Å². The van der Waals surface area contributed by atoms with Gasteiger partial charge in [0.05, 0.1) is 12.0 Å². The summed E-state index contributed by atoms with van der Waals surface area (Å²) in [5.74, 6) is 1.44. The lowest BCUT2D eigenvalue weighted by Gasteiger charge is -2.54. The van der Waals surface area contributed by atoms with Crippen molar-refractivity contribution in [1.82, 2.24) is 19.4 Å². The van der Waals surface area contributed by atoms with Crippen LogP contribution >= 0.6 is 0 Å². The molecule has 0 radical (unpaired) electrons. The molecule has 1 spiro atoms. The van der Waals surface area contributed by atoms with Gasteiger partial charge in [-0.15, -0.1) is 0 Å². The van der Waals surface area contributed by atoms with E-state index in [1.165, 1.54) is 0 Å². The number of aromatic nitrogens is 2. The molecule has 1 atom stereocenters. The zero-order valence-electron chi connectivity index (χ0n) is 12.7. The highest BCUT2D eigenvalue weighted by molar-refractivity contribution is 5.89. The Morgan fingerprint density at radius 3 is 2.80 bits per heavy atom. The Labute approximate surface area is 120 Å². The molecule has 2 fully saturated rings.